The molecule has 0 radical (unpaired) electrons. The Morgan fingerprint density at radius 2 is 1.94 bits per heavy atom. The van der Waals surface area contributed by atoms with Gasteiger partial charge < -0.3 is 4.90 Å². The molecule has 3 heteroatoms. The van der Waals surface area contributed by atoms with Gasteiger partial charge in [0.1, 0.15) is 0 Å². The summed E-state index contributed by atoms with van der Waals surface area (Å²) < 4.78 is 0. The minimum Gasteiger partial charge on any atom is -0.334 e. The Morgan fingerprint density at radius 1 is 1.29 bits per heavy atom. The largest absolute Gasteiger partial charge is 0.334 e. The molecule has 1 saturated heterocycles. The predicted octanol–water partition coefficient (Wildman–Crippen LogP) is 3.38. The van der Waals surface area contributed by atoms with Crippen LogP contribution in [0.4, 0.5) is 0 Å². The molecule has 0 aromatic heterocycles. The van der Waals surface area contributed by atoms with Crippen LogP contribution >= 0.6 is 15.9 Å². The first kappa shape index (κ1) is 12.6. The van der Waals surface area contributed by atoms with Crippen molar-refractivity contribution in [3.05, 3.63) is 35.9 Å². The summed E-state index contributed by atoms with van der Waals surface area (Å²) in [5.74, 6) is 0.688. The van der Waals surface area contributed by atoms with Gasteiger partial charge >= 0.3 is 0 Å². The zero-order valence-corrected chi connectivity index (χ0v) is 11.9. The summed E-state index contributed by atoms with van der Waals surface area (Å²) in [5, 5.41) is 0. The normalized spacial score (nSPS) is 22.2. The van der Waals surface area contributed by atoms with Gasteiger partial charge in [-0.25, -0.2) is 0 Å². The average molecular weight is 296 g/mol. The second kappa shape index (κ2) is 5.21. The molecule has 0 bridgehead atoms. The van der Waals surface area contributed by atoms with Crippen molar-refractivity contribution in [2.45, 2.75) is 31.1 Å². The van der Waals surface area contributed by atoms with E-state index in [1.165, 1.54) is 5.56 Å². The smallest absolute Gasteiger partial charge is 0.224 e. The summed E-state index contributed by atoms with van der Waals surface area (Å²) in [7, 11) is 0. The second-order valence-corrected chi connectivity index (χ2v) is 6.24. The summed E-state index contributed by atoms with van der Waals surface area (Å²) >= 11 is 3.55. The molecule has 1 aliphatic heterocycles. The molecule has 2 nitrogen and oxygen atoms in total. The number of carbonyl (C=O) groups is 1. The lowest BCUT2D eigenvalue weighted by atomic mass is 9.95. The van der Waals surface area contributed by atoms with Gasteiger partial charge in [-0.3, -0.25) is 4.79 Å². The van der Waals surface area contributed by atoms with Gasteiger partial charge in [-0.15, -0.1) is 0 Å². The Morgan fingerprint density at radius 3 is 2.41 bits per heavy atom. The van der Waals surface area contributed by atoms with E-state index >= 15 is 0 Å². The molecule has 17 heavy (non-hydrogen) atoms. The summed E-state index contributed by atoms with van der Waals surface area (Å²) in [6, 6.07) is 10.5. The highest BCUT2D eigenvalue weighted by molar-refractivity contribution is 9.09. The fourth-order valence-electron chi connectivity index (χ4n) is 2.53. The van der Waals surface area contributed by atoms with Crippen molar-refractivity contribution in [2.24, 2.45) is 5.92 Å². The fraction of sp³-hybridized carbons (Fsp3) is 0.500. The SMILES string of the molecule is CC(C)C(c1ccccc1)N1CC(Br)CC1=O. The van der Waals surface area contributed by atoms with Crippen LogP contribution in [0.1, 0.15) is 31.9 Å². The van der Waals surface area contributed by atoms with Crippen molar-refractivity contribution < 1.29 is 4.79 Å². The number of benzene rings is 1. The lowest BCUT2D eigenvalue weighted by Gasteiger charge is -2.31. The quantitative estimate of drug-likeness (QED) is 0.783. The van der Waals surface area contributed by atoms with Gasteiger partial charge in [-0.2, -0.15) is 0 Å². The van der Waals surface area contributed by atoms with Crippen molar-refractivity contribution in [1.82, 2.24) is 4.90 Å². The molecule has 92 valence electrons. The van der Waals surface area contributed by atoms with E-state index in [-0.39, 0.29) is 11.9 Å². The van der Waals surface area contributed by atoms with E-state index in [1.54, 1.807) is 0 Å². The maximum atomic E-state index is 12.0. The molecular weight excluding hydrogens is 278 g/mol. The molecule has 1 aromatic rings. The van der Waals surface area contributed by atoms with Crippen LogP contribution < -0.4 is 0 Å². The minimum atomic E-state index is 0.200. The third kappa shape index (κ3) is 2.71. The van der Waals surface area contributed by atoms with Crippen LogP contribution in [0.2, 0.25) is 0 Å². The first-order chi connectivity index (χ1) is 8.09. The third-order valence-electron chi connectivity index (χ3n) is 3.22. The van der Waals surface area contributed by atoms with E-state index in [1.807, 2.05) is 23.1 Å². The van der Waals surface area contributed by atoms with Crippen LogP contribution in [0, 0.1) is 5.92 Å². The van der Waals surface area contributed by atoms with Crippen LogP contribution in [-0.2, 0) is 4.79 Å². The van der Waals surface area contributed by atoms with Gasteiger partial charge in [-0.1, -0.05) is 60.1 Å². The number of nitrogens with zero attached hydrogens (tertiary/aromatic N) is 1. The highest BCUT2D eigenvalue weighted by atomic mass is 79.9. The molecule has 1 aromatic carbocycles. The molecule has 1 aliphatic rings. The van der Waals surface area contributed by atoms with E-state index in [2.05, 4.69) is 41.9 Å². The zero-order chi connectivity index (χ0) is 12.4. The minimum absolute atomic E-state index is 0.200. The average Bonchev–Trinajstić information content (AvgIpc) is 2.59. The molecular formula is C14H18BrNO. The van der Waals surface area contributed by atoms with Crippen molar-refractivity contribution in [1.29, 1.82) is 0 Å². The molecule has 0 spiro atoms. The van der Waals surface area contributed by atoms with Crippen molar-refractivity contribution in [3.8, 4) is 0 Å². The molecule has 1 heterocycles. The van der Waals surface area contributed by atoms with Crippen molar-refractivity contribution in [2.75, 3.05) is 6.54 Å². The van der Waals surface area contributed by atoms with Crippen LogP contribution in [0.5, 0.6) is 0 Å². The highest BCUT2D eigenvalue weighted by Crippen LogP contribution is 2.33. The van der Waals surface area contributed by atoms with Crippen LogP contribution in [0.3, 0.4) is 0 Å². The molecule has 0 saturated carbocycles. The number of hydrogen-bond acceptors (Lipinski definition) is 1. The molecule has 2 unspecified atom stereocenters. The predicted molar refractivity (Wildman–Crippen MR) is 73.1 cm³/mol. The number of hydrogen-bond donors (Lipinski definition) is 0. The lowest BCUT2D eigenvalue weighted by molar-refractivity contribution is -0.130. The molecule has 2 atom stereocenters. The zero-order valence-electron chi connectivity index (χ0n) is 10.3. The topological polar surface area (TPSA) is 20.3 Å². The Balaban J connectivity index is 2.27. The van der Waals surface area contributed by atoms with Crippen LogP contribution in [0.25, 0.3) is 0 Å². The third-order valence-corrected chi connectivity index (χ3v) is 3.83. The number of carbonyl (C=O) groups excluding carboxylic acids is 1. The summed E-state index contributed by atoms with van der Waals surface area (Å²) in [5.41, 5.74) is 1.23. The first-order valence-corrected chi connectivity index (χ1v) is 6.99. The van der Waals surface area contributed by atoms with Crippen molar-refractivity contribution in [3.63, 3.8) is 0 Å². The lowest BCUT2D eigenvalue weighted by Crippen LogP contribution is -2.33. The van der Waals surface area contributed by atoms with Gasteiger partial charge in [0.25, 0.3) is 0 Å². The fourth-order valence-corrected chi connectivity index (χ4v) is 3.12. The Labute approximate surface area is 111 Å². The van der Waals surface area contributed by atoms with Gasteiger partial charge in [0.15, 0.2) is 0 Å². The summed E-state index contributed by atoms with van der Waals surface area (Å²) in [4.78, 5) is 14.3. The Kier molecular flexibility index (Phi) is 3.87. The van der Waals surface area contributed by atoms with Gasteiger partial charge in [0.2, 0.25) is 5.91 Å². The van der Waals surface area contributed by atoms with Gasteiger partial charge in [0, 0.05) is 17.8 Å². The number of likely N-dealkylation sites (tertiary alicyclic amines) is 1. The van der Waals surface area contributed by atoms with Gasteiger partial charge in [0.05, 0.1) is 6.04 Å². The van der Waals surface area contributed by atoms with E-state index in [4.69, 9.17) is 0 Å². The summed E-state index contributed by atoms with van der Waals surface area (Å²) in [6.07, 6.45) is 0.621. The summed E-state index contributed by atoms with van der Waals surface area (Å²) in [6.45, 7) is 5.16. The molecule has 0 aliphatic carbocycles. The monoisotopic (exact) mass is 295 g/mol. The van der Waals surface area contributed by atoms with Crippen LogP contribution in [0.15, 0.2) is 30.3 Å². The van der Waals surface area contributed by atoms with E-state index in [0.29, 0.717) is 17.2 Å². The highest BCUT2D eigenvalue weighted by Gasteiger charge is 2.35. The maximum absolute atomic E-state index is 12.0. The number of halogens is 1. The van der Waals surface area contributed by atoms with Gasteiger partial charge in [-0.05, 0) is 11.5 Å². The molecule has 0 N–H and O–H groups in total. The Hall–Kier alpha value is -0.830. The van der Waals surface area contributed by atoms with Crippen LogP contribution in [-0.4, -0.2) is 22.2 Å². The number of amides is 1. The van der Waals surface area contributed by atoms with E-state index < -0.39 is 0 Å². The van der Waals surface area contributed by atoms with Crippen molar-refractivity contribution >= 4 is 21.8 Å². The number of alkyl halides is 1. The first-order valence-electron chi connectivity index (χ1n) is 6.08. The van der Waals surface area contributed by atoms with E-state index in [0.717, 1.165) is 6.54 Å². The molecule has 2 rings (SSSR count). The molecule has 1 amide bonds. The Bertz CT molecular complexity index is 390. The maximum Gasteiger partial charge on any atom is 0.224 e. The standard InChI is InChI=1S/C14H18BrNO/c1-10(2)14(11-6-4-3-5-7-11)16-9-12(15)8-13(16)17/h3-7,10,12,14H,8-9H2,1-2H3. The second-order valence-electron chi connectivity index (χ2n) is 4.95. The number of rotatable bonds is 3. The van der Waals surface area contributed by atoms with E-state index in [9.17, 15) is 4.79 Å². The molecule has 1 fully saturated rings.